The number of furan rings is 1. The van der Waals surface area contributed by atoms with Gasteiger partial charge in [-0.05, 0) is 43.9 Å². The van der Waals surface area contributed by atoms with E-state index in [1.807, 2.05) is 0 Å². The first-order chi connectivity index (χ1) is 12.5. The lowest BCUT2D eigenvalue weighted by atomic mass is 9.99. The Bertz CT molecular complexity index is 879. The van der Waals surface area contributed by atoms with Gasteiger partial charge in [0.1, 0.15) is 0 Å². The molecule has 0 radical (unpaired) electrons. The smallest absolute Gasteiger partial charge is 0.287 e. The molecule has 2 fully saturated rings. The van der Waals surface area contributed by atoms with Gasteiger partial charge >= 0.3 is 0 Å². The summed E-state index contributed by atoms with van der Waals surface area (Å²) >= 11 is 0. The SMILES string of the molecule is O=C(NC1CC2CCC(C1)N2)c1occc1CS(=O)(=O)c1ccccc1. The normalized spacial score (nSPS) is 25.2. The summed E-state index contributed by atoms with van der Waals surface area (Å²) in [7, 11) is -3.53. The number of benzene rings is 1. The van der Waals surface area contributed by atoms with Crippen molar-refractivity contribution in [3.8, 4) is 0 Å². The Labute approximate surface area is 152 Å². The first kappa shape index (κ1) is 17.3. The zero-order chi connectivity index (χ0) is 18.1. The van der Waals surface area contributed by atoms with Crippen molar-refractivity contribution >= 4 is 15.7 Å². The Hall–Kier alpha value is -2.12. The summed E-state index contributed by atoms with van der Waals surface area (Å²) in [6.07, 6.45) is 5.48. The van der Waals surface area contributed by atoms with Crippen LogP contribution in [0.1, 0.15) is 41.8 Å². The van der Waals surface area contributed by atoms with Gasteiger partial charge < -0.3 is 15.1 Å². The molecule has 2 atom stereocenters. The van der Waals surface area contributed by atoms with Crippen LogP contribution in [0, 0.1) is 0 Å². The number of fused-ring (bicyclic) bond motifs is 2. The lowest BCUT2D eigenvalue weighted by Crippen LogP contribution is -2.48. The fraction of sp³-hybridized carbons (Fsp3) is 0.421. The highest BCUT2D eigenvalue weighted by molar-refractivity contribution is 7.90. The van der Waals surface area contributed by atoms with Crippen LogP contribution in [0.15, 0.2) is 52.0 Å². The highest BCUT2D eigenvalue weighted by atomic mass is 32.2. The molecule has 2 saturated heterocycles. The number of piperidine rings is 1. The number of rotatable bonds is 5. The Kier molecular flexibility index (Phi) is 4.58. The molecule has 2 aliphatic rings. The van der Waals surface area contributed by atoms with Gasteiger partial charge in [-0.3, -0.25) is 4.79 Å². The lowest BCUT2D eigenvalue weighted by molar-refractivity contribution is 0.0895. The Morgan fingerprint density at radius 3 is 2.50 bits per heavy atom. The summed E-state index contributed by atoms with van der Waals surface area (Å²) in [6, 6.07) is 10.8. The third-order valence-electron chi connectivity index (χ3n) is 5.21. The van der Waals surface area contributed by atoms with Crippen molar-refractivity contribution in [3.05, 3.63) is 54.0 Å². The van der Waals surface area contributed by atoms with E-state index in [2.05, 4.69) is 10.6 Å². The van der Waals surface area contributed by atoms with Crippen LogP contribution in [0.4, 0.5) is 0 Å². The third-order valence-corrected chi connectivity index (χ3v) is 6.89. The molecule has 1 aromatic carbocycles. The van der Waals surface area contributed by atoms with Gasteiger partial charge in [0.15, 0.2) is 15.6 Å². The van der Waals surface area contributed by atoms with Crippen molar-refractivity contribution in [2.45, 2.75) is 54.5 Å². The largest absolute Gasteiger partial charge is 0.459 e. The first-order valence-electron chi connectivity index (χ1n) is 8.92. The van der Waals surface area contributed by atoms with Gasteiger partial charge in [0, 0.05) is 23.7 Å². The van der Waals surface area contributed by atoms with E-state index >= 15 is 0 Å². The molecule has 1 amide bonds. The van der Waals surface area contributed by atoms with E-state index in [0.717, 1.165) is 25.7 Å². The van der Waals surface area contributed by atoms with Crippen LogP contribution in [-0.2, 0) is 15.6 Å². The van der Waals surface area contributed by atoms with Crippen LogP contribution in [0.25, 0.3) is 0 Å². The zero-order valence-corrected chi connectivity index (χ0v) is 15.2. The molecule has 2 bridgehead atoms. The Morgan fingerprint density at radius 2 is 1.81 bits per heavy atom. The molecule has 2 N–H and O–H groups in total. The topological polar surface area (TPSA) is 88.4 Å². The van der Waals surface area contributed by atoms with E-state index in [9.17, 15) is 13.2 Å². The van der Waals surface area contributed by atoms with Crippen LogP contribution in [0.3, 0.4) is 0 Å². The summed E-state index contributed by atoms with van der Waals surface area (Å²) in [5.74, 6) is -0.497. The van der Waals surface area contributed by atoms with Crippen LogP contribution in [0.2, 0.25) is 0 Å². The first-order valence-corrected chi connectivity index (χ1v) is 10.6. The number of carbonyl (C=O) groups is 1. The molecule has 0 spiro atoms. The predicted molar refractivity (Wildman–Crippen MR) is 96.5 cm³/mol. The minimum Gasteiger partial charge on any atom is -0.459 e. The van der Waals surface area contributed by atoms with Gasteiger partial charge in [-0.1, -0.05) is 18.2 Å². The Balaban J connectivity index is 1.47. The van der Waals surface area contributed by atoms with Crippen molar-refractivity contribution in [3.63, 3.8) is 0 Å². The summed E-state index contributed by atoms with van der Waals surface area (Å²) in [5.41, 5.74) is 0.392. The highest BCUT2D eigenvalue weighted by Gasteiger charge is 2.34. The quantitative estimate of drug-likeness (QED) is 0.838. The highest BCUT2D eigenvalue weighted by Crippen LogP contribution is 2.27. The maximum atomic E-state index is 12.6. The van der Waals surface area contributed by atoms with Crippen LogP contribution in [0.5, 0.6) is 0 Å². The van der Waals surface area contributed by atoms with Crippen molar-refractivity contribution < 1.29 is 17.6 Å². The molecule has 3 heterocycles. The molecule has 138 valence electrons. The molecule has 2 aromatic rings. The van der Waals surface area contributed by atoms with Crippen LogP contribution >= 0.6 is 0 Å². The van der Waals surface area contributed by atoms with E-state index in [-0.39, 0.29) is 28.4 Å². The van der Waals surface area contributed by atoms with Crippen molar-refractivity contribution in [2.75, 3.05) is 0 Å². The number of sulfone groups is 1. The average molecular weight is 374 g/mol. The van der Waals surface area contributed by atoms with Gasteiger partial charge in [-0.25, -0.2) is 8.42 Å². The second kappa shape index (κ2) is 6.89. The maximum Gasteiger partial charge on any atom is 0.287 e. The number of hydrogen-bond acceptors (Lipinski definition) is 5. The molecular formula is C19H22N2O4S. The molecular weight excluding hydrogens is 352 g/mol. The van der Waals surface area contributed by atoms with E-state index in [1.165, 1.54) is 6.26 Å². The standard InChI is InChI=1S/C19H22N2O4S/c22-19(21-16-10-14-6-7-15(11-16)20-14)18-13(8-9-25-18)12-26(23,24)17-4-2-1-3-5-17/h1-5,8-9,14-16,20H,6-7,10-12H2,(H,21,22). The average Bonchev–Trinajstić information content (AvgIpc) is 3.21. The molecule has 6 nitrogen and oxygen atoms in total. The number of nitrogens with one attached hydrogen (secondary N) is 2. The Morgan fingerprint density at radius 1 is 1.12 bits per heavy atom. The number of amides is 1. The van der Waals surface area contributed by atoms with Gasteiger partial charge in [0.2, 0.25) is 0 Å². The second-order valence-electron chi connectivity index (χ2n) is 7.13. The summed E-state index contributed by atoms with van der Waals surface area (Å²) < 4.78 is 30.5. The van der Waals surface area contributed by atoms with Gasteiger partial charge in [0.25, 0.3) is 5.91 Å². The van der Waals surface area contributed by atoms with Gasteiger partial charge in [0.05, 0.1) is 16.9 Å². The number of hydrogen-bond donors (Lipinski definition) is 2. The zero-order valence-electron chi connectivity index (χ0n) is 14.4. The maximum absolute atomic E-state index is 12.6. The van der Waals surface area contributed by atoms with Crippen LogP contribution in [-0.4, -0.2) is 32.5 Å². The van der Waals surface area contributed by atoms with Crippen molar-refractivity contribution in [2.24, 2.45) is 0 Å². The van der Waals surface area contributed by atoms with Crippen LogP contribution < -0.4 is 10.6 Å². The van der Waals surface area contributed by atoms with E-state index in [0.29, 0.717) is 17.6 Å². The molecule has 2 aliphatic heterocycles. The lowest BCUT2D eigenvalue weighted by Gasteiger charge is -2.29. The fourth-order valence-electron chi connectivity index (χ4n) is 3.99. The molecule has 0 aliphatic carbocycles. The van der Waals surface area contributed by atoms with E-state index in [4.69, 9.17) is 4.42 Å². The second-order valence-corrected chi connectivity index (χ2v) is 9.12. The molecule has 26 heavy (non-hydrogen) atoms. The molecule has 4 rings (SSSR count). The van der Waals surface area contributed by atoms with E-state index < -0.39 is 9.84 Å². The van der Waals surface area contributed by atoms with Gasteiger partial charge in [-0.2, -0.15) is 0 Å². The number of carbonyl (C=O) groups excluding carboxylic acids is 1. The fourth-order valence-corrected chi connectivity index (χ4v) is 5.37. The molecule has 0 saturated carbocycles. The van der Waals surface area contributed by atoms with Crippen molar-refractivity contribution in [1.82, 2.24) is 10.6 Å². The monoisotopic (exact) mass is 374 g/mol. The molecule has 7 heteroatoms. The summed E-state index contributed by atoms with van der Waals surface area (Å²) in [5, 5.41) is 6.56. The summed E-state index contributed by atoms with van der Waals surface area (Å²) in [6.45, 7) is 0. The van der Waals surface area contributed by atoms with Crippen molar-refractivity contribution in [1.29, 1.82) is 0 Å². The van der Waals surface area contributed by atoms with Gasteiger partial charge in [-0.15, -0.1) is 0 Å². The van der Waals surface area contributed by atoms with E-state index in [1.54, 1.807) is 36.4 Å². The predicted octanol–water partition coefficient (Wildman–Crippen LogP) is 2.27. The third kappa shape index (κ3) is 3.54. The minimum atomic E-state index is -3.53. The minimum absolute atomic E-state index is 0.0929. The molecule has 2 unspecified atom stereocenters. The molecule has 1 aromatic heterocycles. The summed E-state index contributed by atoms with van der Waals surface area (Å²) in [4.78, 5) is 12.9.